The molecule has 0 atom stereocenters. The number of pyridine rings is 1. The van der Waals surface area contributed by atoms with Crippen LogP contribution in [0.15, 0.2) is 35.4 Å². The number of nitrogens with zero attached hydrogens (tertiary/aromatic N) is 1. The van der Waals surface area contributed by atoms with Gasteiger partial charge in [-0.15, -0.1) is 11.8 Å². The van der Waals surface area contributed by atoms with Crippen LogP contribution in [0.25, 0.3) is 10.9 Å². The van der Waals surface area contributed by atoms with Crippen molar-refractivity contribution < 1.29 is 30.8 Å². The molecule has 0 saturated heterocycles. The lowest BCUT2D eigenvalue weighted by atomic mass is 10.2. The number of alkyl halides is 3. The van der Waals surface area contributed by atoms with E-state index in [9.17, 15) is 30.8 Å². The van der Waals surface area contributed by atoms with Gasteiger partial charge in [0.25, 0.3) is 0 Å². The van der Waals surface area contributed by atoms with Crippen LogP contribution >= 0.6 is 11.8 Å². The molecular formula is C14H12F4N2O3S2. The smallest absolute Gasteiger partial charge is 0.272 e. The van der Waals surface area contributed by atoms with Gasteiger partial charge in [-0.05, 0) is 38.1 Å². The van der Waals surface area contributed by atoms with Crippen LogP contribution in [0, 0.1) is 5.82 Å². The molecule has 0 fully saturated rings. The van der Waals surface area contributed by atoms with E-state index in [-0.39, 0.29) is 0 Å². The van der Waals surface area contributed by atoms with Gasteiger partial charge in [-0.1, -0.05) is 0 Å². The van der Waals surface area contributed by atoms with Crippen molar-refractivity contribution in [1.29, 1.82) is 0 Å². The molecule has 1 aromatic carbocycles. The zero-order valence-corrected chi connectivity index (χ0v) is 14.5. The number of benzene rings is 1. The Labute approximate surface area is 144 Å². The minimum absolute atomic E-state index is 0.354. The summed E-state index contributed by atoms with van der Waals surface area (Å²) < 4.78 is 72.3. The Balaban J connectivity index is 2.33. The molecule has 1 N–H and O–H groups in total. The molecule has 0 unspecified atom stereocenters. The molecule has 0 aliphatic rings. The van der Waals surface area contributed by atoms with Gasteiger partial charge in [-0.2, -0.15) is 21.6 Å². The van der Waals surface area contributed by atoms with Crippen molar-refractivity contribution in [2.24, 2.45) is 0 Å². The number of hydrogen-bond acceptors (Lipinski definition) is 5. The first-order valence-corrected chi connectivity index (χ1v) is 9.00. The van der Waals surface area contributed by atoms with Gasteiger partial charge in [0.05, 0.1) is 10.3 Å². The minimum Gasteiger partial charge on any atom is -0.272 e. The molecule has 1 aromatic heterocycles. The number of hydrogen-bond donors (Lipinski definition) is 1. The third-order valence-corrected chi connectivity index (χ3v) is 5.44. The Hall–Kier alpha value is -1.88. The van der Waals surface area contributed by atoms with Gasteiger partial charge in [0.15, 0.2) is 0 Å². The number of thioether (sulfide) groups is 1. The highest BCUT2D eigenvalue weighted by molar-refractivity contribution is 8.01. The summed E-state index contributed by atoms with van der Waals surface area (Å²) in [4.78, 5) is 16.4. The molecule has 0 aliphatic heterocycles. The number of amides is 1. The molecule has 1 heterocycles. The Morgan fingerprint density at radius 3 is 2.44 bits per heavy atom. The molecule has 0 bridgehead atoms. The molecule has 11 heteroatoms. The molecule has 5 nitrogen and oxygen atoms in total. The zero-order chi connectivity index (χ0) is 19.0. The quantitative estimate of drug-likeness (QED) is 0.635. The van der Waals surface area contributed by atoms with Crippen LogP contribution in [0.4, 0.5) is 17.6 Å². The number of aromatic nitrogens is 1. The molecule has 0 saturated carbocycles. The van der Waals surface area contributed by atoms with E-state index in [1.54, 1.807) is 0 Å². The van der Waals surface area contributed by atoms with Gasteiger partial charge in [0.1, 0.15) is 5.82 Å². The second-order valence-electron chi connectivity index (χ2n) is 5.46. The van der Waals surface area contributed by atoms with E-state index in [0.29, 0.717) is 15.8 Å². The van der Waals surface area contributed by atoms with E-state index >= 15 is 0 Å². The van der Waals surface area contributed by atoms with Crippen molar-refractivity contribution in [2.75, 3.05) is 0 Å². The number of halogens is 4. The number of carbonyl (C=O) groups is 1. The van der Waals surface area contributed by atoms with E-state index in [1.165, 1.54) is 44.3 Å². The highest BCUT2D eigenvalue weighted by Gasteiger charge is 2.48. The van der Waals surface area contributed by atoms with Crippen LogP contribution in [0.2, 0.25) is 0 Å². The molecule has 1 amide bonds. The third kappa shape index (κ3) is 4.21. The van der Waals surface area contributed by atoms with E-state index in [4.69, 9.17) is 0 Å². The largest absolute Gasteiger partial charge is 0.516 e. The molecule has 25 heavy (non-hydrogen) atoms. The van der Waals surface area contributed by atoms with Crippen LogP contribution in [-0.4, -0.2) is 29.6 Å². The lowest BCUT2D eigenvalue weighted by molar-refractivity contribution is -0.121. The summed E-state index contributed by atoms with van der Waals surface area (Å²) in [7, 11) is -5.81. The van der Waals surface area contributed by atoms with Crippen molar-refractivity contribution in [1.82, 2.24) is 9.71 Å². The van der Waals surface area contributed by atoms with E-state index in [0.717, 1.165) is 16.5 Å². The van der Waals surface area contributed by atoms with Gasteiger partial charge in [0, 0.05) is 16.5 Å². The Kier molecular flexibility index (Phi) is 5.01. The first-order valence-electron chi connectivity index (χ1n) is 6.70. The summed E-state index contributed by atoms with van der Waals surface area (Å²) >= 11 is 0.793. The van der Waals surface area contributed by atoms with Gasteiger partial charge in [-0.3, -0.25) is 9.78 Å². The van der Waals surface area contributed by atoms with Crippen LogP contribution in [0.3, 0.4) is 0 Å². The summed E-state index contributed by atoms with van der Waals surface area (Å²) in [6, 6.07) is 5.23. The molecule has 0 spiro atoms. The SMILES string of the molecule is CC(C)(Sc1ccnc2ccc(F)cc12)C(=O)NS(=O)(=O)C(F)(F)F. The third-order valence-electron chi connectivity index (χ3n) is 3.11. The van der Waals surface area contributed by atoms with Crippen molar-refractivity contribution in [2.45, 2.75) is 29.0 Å². The molecule has 0 aliphatic carbocycles. The predicted molar refractivity (Wildman–Crippen MR) is 84.8 cm³/mol. The Bertz CT molecular complexity index is 927. The second-order valence-corrected chi connectivity index (χ2v) is 8.80. The number of fused-ring (bicyclic) bond motifs is 1. The highest BCUT2D eigenvalue weighted by Crippen LogP contribution is 2.37. The van der Waals surface area contributed by atoms with Gasteiger partial charge in [0.2, 0.25) is 5.91 Å². The number of carbonyl (C=O) groups excluding carboxylic acids is 1. The summed E-state index contributed by atoms with van der Waals surface area (Å²) in [6.07, 6.45) is 1.39. The predicted octanol–water partition coefficient (Wildman–Crippen LogP) is 3.21. The minimum atomic E-state index is -5.81. The Morgan fingerprint density at radius 2 is 1.84 bits per heavy atom. The number of rotatable bonds is 4. The molecular weight excluding hydrogens is 384 g/mol. The van der Waals surface area contributed by atoms with Gasteiger partial charge < -0.3 is 0 Å². The van der Waals surface area contributed by atoms with Crippen LogP contribution in [0.5, 0.6) is 0 Å². The first kappa shape index (κ1) is 19.4. The van der Waals surface area contributed by atoms with Crippen molar-refractivity contribution in [3.8, 4) is 0 Å². The van der Waals surface area contributed by atoms with Crippen LogP contribution < -0.4 is 4.72 Å². The summed E-state index contributed by atoms with van der Waals surface area (Å²) in [5.41, 5.74) is -5.18. The summed E-state index contributed by atoms with van der Waals surface area (Å²) in [5.74, 6) is -1.90. The van der Waals surface area contributed by atoms with E-state index in [2.05, 4.69) is 4.98 Å². The first-order chi connectivity index (χ1) is 11.3. The van der Waals surface area contributed by atoms with E-state index < -0.39 is 32.0 Å². The van der Waals surface area contributed by atoms with Gasteiger partial charge >= 0.3 is 15.5 Å². The fourth-order valence-electron chi connectivity index (χ4n) is 1.81. The Morgan fingerprint density at radius 1 is 1.20 bits per heavy atom. The lowest BCUT2D eigenvalue weighted by Crippen LogP contribution is -2.47. The molecule has 0 radical (unpaired) electrons. The van der Waals surface area contributed by atoms with Crippen molar-refractivity contribution >= 4 is 38.6 Å². The number of nitrogens with one attached hydrogen (secondary N) is 1. The molecule has 2 aromatic rings. The topological polar surface area (TPSA) is 76.1 Å². The fourth-order valence-corrected chi connectivity index (χ4v) is 3.58. The summed E-state index contributed by atoms with van der Waals surface area (Å²) in [6.45, 7) is 2.51. The number of sulfonamides is 1. The highest BCUT2D eigenvalue weighted by atomic mass is 32.2. The zero-order valence-electron chi connectivity index (χ0n) is 12.9. The average Bonchev–Trinajstić information content (AvgIpc) is 2.46. The summed E-state index contributed by atoms with van der Waals surface area (Å²) in [5, 5.41) is 0.354. The molecule has 2 rings (SSSR count). The maximum atomic E-state index is 13.4. The second kappa shape index (κ2) is 6.45. The van der Waals surface area contributed by atoms with Crippen LogP contribution in [0.1, 0.15) is 13.8 Å². The van der Waals surface area contributed by atoms with Crippen LogP contribution in [-0.2, 0) is 14.8 Å². The van der Waals surface area contributed by atoms with Gasteiger partial charge in [-0.25, -0.2) is 9.11 Å². The maximum absolute atomic E-state index is 13.4. The van der Waals surface area contributed by atoms with Crippen molar-refractivity contribution in [3.63, 3.8) is 0 Å². The maximum Gasteiger partial charge on any atom is 0.516 e. The van der Waals surface area contributed by atoms with E-state index in [1.807, 2.05) is 0 Å². The lowest BCUT2D eigenvalue weighted by Gasteiger charge is -2.23. The molecule has 136 valence electrons. The fraction of sp³-hybridized carbons (Fsp3) is 0.286. The monoisotopic (exact) mass is 396 g/mol. The standard InChI is InChI=1S/C14H12F4N2O3S2/c1-13(2,12(21)20-25(22,23)14(16,17)18)24-11-5-6-19-10-4-3-8(15)7-9(10)11/h3-7H,1-2H3,(H,20,21). The average molecular weight is 396 g/mol. The normalized spacial score (nSPS) is 13.0. The van der Waals surface area contributed by atoms with Crippen molar-refractivity contribution in [3.05, 3.63) is 36.3 Å².